The van der Waals surface area contributed by atoms with Crippen molar-refractivity contribution in [2.75, 3.05) is 19.6 Å². The second-order valence-electron chi connectivity index (χ2n) is 6.73. The molecule has 0 spiro atoms. The molecule has 5 nitrogen and oxygen atoms in total. The summed E-state index contributed by atoms with van der Waals surface area (Å²) in [5.74, 6) is 1.01. The van der Waals surface area contributed by atoms with Gasteiger partial charge in [0, 0.05) is 32.1 Å². The standard InChI is InChI=1S/C20H32N4O.HI/c1-4-21-20(23-15-18-11-6-5-9-16(18)2)22-13-12-19(25)24-14-8-7-10-17(24)3;/h5-6,9,11,17H,4,7-8,10,12-15H2,1-3H3,(H2,21,22,23);1H. The van der Waals surface area contributed by atoms with E-state index in [1.54, 1.807) is 0 Å². The second-order valence-corrected chi connectivity index (χ2v) is 6.73. The summed E-state index contributed by atoms with van der Waals surface area (Å²) >= 11 is 0. The maximum absolute atomic E-state index is 12.4. The van der Waals surface area contributed by atoms with Crippen LogP contribution in [0.2, 0.25) is 0 Å². The third kappa shape index (κ3) is 7.13. The summed E-state index contributed by atoms with van der Waals surface area (Å²) in [6, 6.07) is 8.66. The van der Waals surface area contributed by atoms with Crippen molar-refractivity contribution in [1.29, 1.82) is 0 Å². The molecule has 2 rings (SSSR count). The van der Waals surface area contributed by atoms with E-state index in [1.165, 1.54) is 17.5 Å². The Labute approximate surface area is 175 Å². The molecule has 1 unspecified atom stereocenters. The minimum absolute atomic E-state index is 0. The first-order valence-corrected chi connectivity index (χ1v) is 9.48. The summed E-state index contributed by atoms with van der Waals surface area (Å²) in [6.07, 6.45) is 4.00. The molecule has 1 heterocycles. The lowest BCUT2D eigenvalue weighted by Crippen LogP contribution is -2.44. The van der Waals surface area contributed by atoms with E-state index < -0.39 is 0 Å². The summed E-state index contributed by atoms with van der Waals surface area (Å²) < 4.78 is 0. The van der Waals surface area contributed by atoms with E-state index in [9.17, 15) is 4.79 Å². The fourth-order valence-corrected chi connectivity index (χ4v) is 3.19. The van der Waals surface area contributed by atoms with Gasteiger partial charge in [-0.2, -0.15) is 0 Å². The van der Waals surface area contributed by atoms with Crippen LogP contribution in [0.3, 0.4) is 0 Å². The molecule has 1 fully saturated rings. The topological polar surface area (TPSA) is 56.7 Å². The Morgan fingerprint density at radius 3 is 2.73 bits per heavy atom. The molecule has 6 heteroatoms. The Kier molecular flexibility index (Phi) is 10.6. The molecule has 146 valence electrons. The summed E-state index contributed by atoms with van der Waals surface area (Å²) in [5.41, 5.74) is 2.47. The van der Waals surface area contributed by atoms with Crippen LogP contribution in [-0.4, -0.2) is 42.4 Å². The van der Waals surface area contributed by atoms with Crippen LogP contribution in [0.5, 0.6) is 0 Å². The number of amides is 1. The van der Waals surface area contributed by atoms with Crippen molar-refractivity contribution in [3.8, 4) is 0 Å². The number of hydrogen-bond donors (Lipinski definition) is 2. The third-order valence-corrected chi connectivity index (χ3v) is 4.77. The predicted octanol–water partition coefficient (Wildman–Crippen LogP) is 3.46. The SMILES string of the molecule is CCNC(=NCc1ccccc1C)NCCC(=O)N1CCCCC1C.I. The zero-order chi connectivity index (χ0) is 18.1. The van der Waals surface area contributed by atoms with Crippen LogP contribution in [0, 0.1) is 6.92 Å². The minimum Gasteiger partial charge on any atom is -0.357 e. The number of benzene rings is 1. The Hall–Kier alpha value is -1.31. The fourth-order valence-electron chi connectivity index (χ4n) is 3.19. The average Bonchev–Trinajstić information content (AvgIpc) is 2.61. The number of aryl methyl sites for hydroxylation is 1. The smallest absolute Gasteiger partial charge is 0.224 e. The van der Waals surface area contributed by atoms with Crippen molar-refractivity contribution in [2.45, 2.75) is 59.0 Å². The number of guanidine groups is 1. The molecular formula is C20H33IN4O. The molecule has 0 saturated carbocycles. The van der Waals surface area contributed by atoms with Crippen molar-refractivity contribution in [1.82, 2.24) is 15.5 Å². The molecule has 0 aliphatic carbocycles. The Bertz CT molecular complexity index is 591. The molecule has 1 aliphatic heterocycles. The maximum atomic E-state index is 12.4. The van der Waals surface area contributed by atoms with E-state index in [-0.39, 0.29) is 29.9 Å². The molecule has 1 saturated heterocycles. The average molecular weight is 472 g/mol. The van der Waals surface area contributed by atoms with Gasteiger partial charge in [0.25, 0.3) is 0 Å². The lowest BCUT2D eigenvalue weighted by molar-refractivity contribution is -0.134. The first kappa shape index (κ1) is 22.7. The molecule has 26 heavy (non-hydrogen) atoms. The lowest BCUT2D eigenvalue weighted by Gasteiger charge is -2.33. The fraction of sp³-hybridized carbons (Fsp3) is 0.600. The number of aliphatic imine (C=N–C) groups is 1. The second kappa shape index (κ2) is 12.1. The highest BCUT2D eigenvalue weighted by molar-refractivity contribution is 14.0. The largest absolute Gasteiger partial charge is 0.357 e. The van der Waals surface area contributed by atoms with Crippen molar-refractivity contribution in [3.05, 3.63) is 35.4 Å². The normalized spacial score (nSPS) is 17.4. The number of rotatable bonds is 6. The zero-order valence-electron chi connectivity index (χ0n) is 16.3. The van der Waals surface area contributed by atoms with Crippen LogP contribution in [-0.2, 0) is 11.3 Å². The van der Waals surface area contributed by atoms with E-state index in [4.69, 9.17) is 0 Å². The molecular weight excluding hydrogens is 439 g/mol. The number of halogens is 1. The van der Waals surface area contributed by atoms with Crippen molar-refractivity contribution < 1.29 is 4.79 Å². The van der Waals surface area contributed by atoms with Gasteiger partial charge in [0.15, 0.2) is 5.96 Å². The van der Waals surface area contributed by atoms with E-state index in [2.05, 4.69) is 41.6 Å². The van der Waals surface area contributed by atoms with Crippen LogP contribution in [0.1, 0.15) is 50.7 Å². The number of piperidine rings is 1. The van der Waals surface area contributed by atoms with Crippen LogP contribution in [0.15, 0.2) is 29.3 Å². The third-order valence-electron chi connectivity index (χ3n) is 4.77. The van der Waals surface area contributed by atoms with Gasteiger partial charge in [0.1, 0.15) is 0 Å². The predicted molar refractivity (Wildman–Crippen MR) is 119 cm³/mol. The molecule has 1 atom stereocenters. The highest BCUT2D eigenvalue weighted by Gasteiger charge is 2.22. The molecule has 1 amide bonds. The molecule has 1 aliphatic rings. The minimum atomic E-state index is 0. The van der Waals surface area contributed by atoms with Gasteiger partial charge in [-0.25, -0.2) is 4.99 Å². The first-order valence-electron chi connectivity index (χ1n) is 9.48. The summed E-state index contributed by atoms with van der Waals surface area (Å²) in [6.45, 7) is 9.26. The van der Waals surface area contributed by atoms with Gasteiger partial charge < -0.3 is 15.5 Å². The highest BCUT2D eigenvalue weighted by atomic mass is 127. The molecule has 0 bridgehead atoms. The van der Waals surface area contributed by atoms with Crippen molar-refractivity contribution >= 4 is 35.8 Å². The van der Waals surface area contributed by atoms with Gasteiger partial charge in [-0.15, -0.1) is 24.0 Å². The van der Waals surface area contributed by atoms with Gasteiger partial charge in [0.05, 0.1) is 6.54 Å². The quantitative estimate of drug-likeness (QED) is 0.379. The van der Waals surface area contributed by atoms with Crippen molar-refractivity contribution in [3.63, 3.8) is 0 Å². The molecule has 1 aromatic carbocycles. The Morgan fingerprint density at radius 2 is 2.04 bits per heavy atom. The number of nitrogens with one attached hydrogen (secondary N) is 2. The van der Waals surface area contributed by atoms with Gasteiger partial charge in [-0.05, 0) is 51.2 Å². The van der Waals surface area contributed by atoms with Gasteiger partial charge >= 0.3 is 0 Å². The number of nitrogens with zero attached hydrogens (tertiary/aromatic N) is 2. The number of carbonyl (C=O) groups is 1. The van der Waals surface area contributed by atoms with Crippen LogP contribution in [0.4, 0.5) is 0 Å². The van der Waals surface area contributed by atoms with Crippen molar-refractivity contribution in [2.24, 2.45) is 4.99 Å². The zero-order valence-corrected chi connectivity index (χ0v) is 18.6. The number of likely N-dealkylation sites (tertiary alicyclic amines) is 1. The van der Waals surface area contributed by atoms with Crippen LogP contribution in [0.25, 0.3) is 0 Å². The monoisotopic (exact) mass is 472 g/mol. The molecule has 0 aromatic heterocycles. The lowest BCUT2D eigenvalue weighted by atomic mass is 10.0. The molecule has 0 radical (unpaired) electrons. The van der Waals surface area contributed by atoms with Gasteiger partial charge in [-0.3, -0.25) is 4.79 Å². The van der Waals surface area contributed by atoms with Gasteiger partial charge in [-0.1, -0.05) is 24.3 Å². The van der Waals surface area contributed by atoms with Crippen LogP contribution < -0.4 is 10.6 Å². The number of carbonyl (C=O) groups excluding carboxylic acids is 1. The Balaban J connectivity index is 0.00000338. The summed E-state index contributed by atoms with van der Waals surface area (Å²) in [7, 11) is 0. The summed E-state index contributed by atoms with van der Waals surface area (Å²) in [4.78, 5) is 19.1. The van der Waals surface area contributed by atoms with E-state index in [1.807, 2.05) is 24.0 Å². The van der Waals surface area contributed by atoms with E-state index >= 15 is 0 Å². The summed E-state index contributed by atoms with van der Waals surface area (Å²) in [5, 5.41) is 6.53. The highest BCUT2D eigenvalue weighted by Crippen LogP contribution is 2.17. The Morgan fingerprint density at radius 1 is 1.27 bits per heavy atom. The first-order chi connectivity index (χ1) is 12.1. The van der Waals surface area contributed by atoms with E-state index in [0.717, 1.165) is 31.9 Å². The van der Waals surface area contributed by atoms with Crippen LogP contribution >= 0.6 is 24.0 Å². The molecule has 2 N–H and O–H groups in total. The maximum Gasteiger partial charge on any atom is 0.224 e. The molecule has 1 aromatic rings. The van der Waals surface area contributed by atoms with E-state index in [0.29, 0.717) is 25.6 Å². The van der Waals surface area contributed by atoms with Gasteiger partial charge in [0.2, 0.25) is 5.91 Å². The number of hydrogen-bond acceptors (Lipinski definition) is 2.